The minimum absolute atomic E-state index is 0.0102. The third-order valence-electron chi connectivity index (χ3n) is 4.94. The quantitative estimate of drug-likeness (QED) is 0.479. The number of carbonyl (C=O) groups excluding carboxylic acids is 1. The summed E-state index contributed by atoms with van der Waals surface area (Å²) in [5.41, 5.74) is 2.18. The van der Waals surface area contributed by atoms with Crippen LogP contribution in [0.3, 0.4) is 0 Å². The Bertz CT molecular complexity index is 1040. The Morgan fingerprint density at radius 1 is 1.19 bits per heavy atom. The molecule has 32 heavy (non-hydrogen) atoms. The number of rotatable bonds is 9. The van der Waals surface area contributed by atoms with Crippen LogP contribution in [0.4, 0.5) is 0 Å². The molecule has 0 saturated carbocycles. The standard InChI is InChI=1S/C25H25N3O4/c1-2-30-24-13-20(12-21(15-27)25(29)28-16-22-4-3-11-31-22)9-10-23(24)32-17-19-7-5-18(14-26)6-8-19/h5-10,12-13,22H,2-4,11,16-17H2,1H3,(H,28,29)/b21-12+/t22-/m1/s1. The number of hydrogen-bond donors (Lipinski definition) is 1. The Morgan fingerprint density at radius 2 is 2.00 bits per heavy atom. The average Bonchev–Trinajstić information content (AvgIpc) is 3.35. The van der Waals surface area contributed by atoms with Gasteiger partial charge in [0.15, 0.2) is 11.5 Å². The van der Waals surface area contributed by atoms with Gasteiger partial charge in [0.25, 0.3) is 5.91 Å². The molecule has 0 bridgehead atoms. The van der Waals surface area contributed by atoms with E-state index in [9.17, 15) is 10.1 Å². The van der Waals surface area contributed by atoms with Crippen molar-refractivity contribution in [1.29, 1.82) is 10.5 Å². The molecule has 1 aliphatic heterocycles. The fourth-order valence-corrected chi connectivity index (χ4v) is 3.26. The summed E-state index contributed by atoms with van der Waals surface area (Å²) in [5.74, 6) is 0.642. The van der Waals surface area contributed by atoms with Crippen molar-refractivity contribution >= 4 is 12.0 Å². The zero-order valence-corrected chi connectivity index (χ0v) is 18.0. The Kier molecular flexibility index (Phi) is 8.25. The van der Waals surface area contributed by atoms with Crippen molar-refractivity contribution in [2.24, 2.45) is 0 Å². The molecule has 164 valence electrons. The topological polar surface area (TPSA) is 104 Å². The lowest BCUT2D eigenvalue weighted by molar-refractivity contribution is -0.117. The van der Waals surface area contributed by atoms with E-state index < -0.39 is 5.91 Å². The van der Waals surface area contributed by atoms with Gasteiger partial charge in [0.2, 0.25) is 0 Å². The lowest BCUT2D eigenvalue weighted by Crippen LogP contribution is -2.32. The van der Waals surface area contributed by atoms with Crippen molar-refractivity contribution in [3.05, 3.63) is 64.7 Å². The van der Waals surface area contributed by atoms with E-state index in [1.54, 1.807) is 30.3 Å². The first kappa shape index (κ1) is 22.9. The third kappa shape index (κ3) is 6.34. The van der Waals surface area contributed by atoms with E-state index in [1.165, 1.54) is 6.08 Å². The van der Waals surface area contributed by atoms with Crippen LogP contribution in [0.15, 0.2) is 48.0 Å². The smallest absolute Gasteiger partial charge is 0.262 e. The van der Waals surface area contributed by atoms with Gasteiger partial charge < -0.3 is 19.5 Å². The van der Waals surface area contributed by atoms with Crippen molar-refractivity contribution in [2.45, 2.75) is 32.5 Å². The van der Waals surface area contributed by atoms with Gasteiger partial charge in [-0.1, -0.05) is 18.2 Å². The number of nitriles is 2. The van der Waals surface area contributed by atoms with Gasteiger partial charge in [-0.15, -0.1) is 0 Å². The Labute approximate surface area is 187 Å². The molecule has 1 saturated heterocycles. The molecule has 7 nitrogen and oxygen atoms in total. The predicted octanol–water partition coefficient (Wildman–Crippen LogP) is 3.74. The summed E-state index contributed by atoms with van der Waals surface area (Å²) in [6.45, 7) is 3.72. The van der Waals surface area contributed by atoms with E-state index >= 15 is 0 Å². The van der Waals surface area contributed by atoms with Gasteiger partial charge in [-0.25, -0.2) is 0 Å². The van der Waals surface area contributed by atoms with Crippen LogP contribution in [-0.4, -0.2) is 31.8 Å². The van der Waals surface area contributed by atoms with E-state index in [2.05, 4.69) is 11.4 Å². The molecule has 3 rings (SSSR count). The van der Waals surface area contributed by atoms with Crippen molar-refractivity contribution in [1.82, 2.24) is 5.32 Å². The van der Waals surface area contributed by atoms with E-state index in [-0.39, 0.29) is 11.7 Å². The second kappa shape index (κ2) is 11.5. The number of amides is 1. The van der Waals surface area contributed by atoms with Gasteiger partial charge in [0.1, 0.15) is 18.2 Å². The Balaban J connectivity index is 1.69. The van der Waals surface area contributed by atoms with Crippen molar-refractivity contribution in [3.8, 4) is 23.6 Å². The highest BCUT2D eigenvalue weighted by molar-refractivity contribution is 6.01. The molecule has 0 spiro atoms. The number of benzene rings is 2. The van der Waals surface area contributed by atoms with E-state index in [4.69, 9.17) is 19.5 Å². The summed E-state index contributed by atoms with van der Waals surface area (Å²) in [6, 6.07) is 16.5. The van der Waals surface area contributed by atoms with Gasteiger partial charge in [-0.2, -0.15) is 10.5 Å². The molecule has 1 N–H and O–H groups in total. The van der Waals surface area contributed by atoms with Crippen LogP contribution in [0.1, 0.15) is 36.5 Å². The fourth-order valence-electron chi connectivity index (χ4n) is 3.26. The SMILES string of the molecule is CCOc1cc(/C=C(\C#N)C(=O)NC[C@H]2CCCO2)ccc1OCc1ccc(C#N)cc1. The molecule has 2 aromatic rings. The maximum Gasteiger partial charge on any atom is 0.262 e. The molecule has 0 aromatic heterocycles. The predicted molar refractivity (Wildman–Crippen MR) is 119 cm³/mol. The number of hydrogen-bond acceptors (Lipinski definition) is 6. The second-order valence-electron chi connectivity index (χ2n) is 7.25. The van der Waals surface area contributed by atoms with Crippen LogP contribution in [0.5, 0.6) is 11.5 Å². The molecule has 2 aromatic carbocycles. The zero-order chi connectivity index (χ0) is 22.8. The maximum absolute atomic E-state index is 12.4. The average molecular weight is 431 g/mol. The number of nitrogens with zero attached hydrogens (tertiary/aromatic N) is 2. The highest BCUT2D eigenvalue weighted by atomic mass is 16.5. The van der Waals surface area contributed by atoms with Crippen LogP contribution in [0.2, 0.25) is 0 Å². The minimum atomic E-state index is -0.429. The molecule has 0 radical (unpaired) electrons. The summed E-state index contributed by atoms with van der Waals surface area (Å²) in [4.78, 5) is 12.4. The first-order valence-corrected chi connectivity index (χ1v) is 10.5. The molecule has 0 aliphatic carbocycles. The summed E-state index contributed by atoms with van der Waals surface area (Å²) in [7, 11) is 0. The minimum Gasteiger partial charge on any atom is -0.490 e. The van der Waals surface area contributed by atoms with Crippen LogP contribution in [0.25, 0.3) is 6.08 Å². The molecular formula is C25H25N3O4. The van der Waals surface area contributed by atoms with Gasteiger partial charge in [-0.3, -0.25) is 4.79 Å². The first-order valence-electron chi connectivity index (χ1n) is 10.5. The van der Waals surface area contributed by atoms with Crippen molar-refractivity contribution in [2.75, 3.05) is 19.8 Å². The fraction of sp³-hybridized carbons (Fsp3) is 0.320. The molecule has 0 unspecified atom stereocenters. The van der Waals surface area contributed by atoms with Gasteiger partial charge in [-0.05, 0) is 61.2 Å². The van der Waals surface area contributed by atoms with Gasteiger partial charge in [0, 0.05) is 13.2 Å². The molecule has 1 aliphatic rings. The molecular weight excluding hydrogens is 406 g/mol. The number of nitrogens with one attached hydrogen (secondary N) is 1. The molecule has 7 heteroatoms. The number of ether oxygens (including phenoxy) is 3. The van der Waals surface area contributed by atoms with E-state index in [1.807, 2.05) is 25.1 Å². The highest BCUT2D eigenvalue weighted by Gasteiger charge is 2.18. The summed E-state index contributed by atoms with van der Waals surface area (Å²) >= 11 is 0. The Morgan fingerprint density at radius 3 is 2.66 bits per heavy atom. The molecule has 1 atom stereocenters. The lowest BCUT2D eigenvalue weighted by Gasteiger charge is -2.13. The van der Waals surface area contributed by atoms with E-state index in [0.717, 1.165) is 18.4 Å². The lowest BCUT2D eigenvalue weighted by atomic mass is 10.1. The Hall–Kier alpha value is -3.81. The van der Waals surface area contributed by atoms with Crippen LogP contribution < -0.4 is 14.8 Å². The highest BCUT2D eigenvalue weighted by Crippen LogP contribution is 2.30. The van der Waals surface area contributed by atoms with Gasteiger partial charge in [0.05, 0.1) is 24.3 Å². The van der Waals surface area contributed by atoms with Gasteiger partial charge >= 0.3 is 0 Å². The summed E-state index contributed by atoms with van der Waals surface area (Å²) in [5, 5.41) is 21.1. The van der Waals surface area contributed by atoms with Crippen molar-refractivity contribution < 1.29 is 19.0 Å². The second-order valence-corrected chi connectivity index (χ2v) is 7.25. The molecule has 1 fully saturated rings. The molecule has 1 heterocycles. The summed E-state index contributed by atoms with van der Waals surface area (Å²) in [6.07, 6.45) is 3.43. The van der Waals surface area contributed by atoms with E-state index in [0.29, 0.717) is 49.0 Å². The summed E-state index contributed by atoms with van der Waals surface area (Å²) < 4.78 is 17.1. The first-order chi connectivity index (χ1) is 15.6. The van der Waals surface area contributed by atoms with Crippen LogP contribution in [-0.2, 0) is 16.1 Å². The monoisotopic (exact) mass is 431 g/mol. The van der Waals surface area contributed by atoms with Crippen LogP contribution >= 0.6 is 0 Å². The largest absolute Gasteiger partial charge is 0.490 e. The third-order valence-corrected chi connectivity index (χ3v) is 4.94. The number of carbonyl (C=O) groups is 1. The zero-order valence-electron chi connectivity index (χ0n) is 18.0. The van der Waals surface area contributed by atoms with Crippen LogP contribution in [0, 0.1) is 22.7 Å². The maximum atomic E-state index is 12.4. The van der Waals surface area contributed by atoms with Crippen molar-refractivity contribution in [3.63, 3.8) is 0 Å². The normalized spacial score (nSPS) is 15.5. The molecule has 1 amide bonds.